The summed E-state index contributed by atoms with van der Waals surface area (Å²) in [4.78, 5) is 0. The molecule has 1 N–H and O–H groups in total. The summed E-state index contributed by atoms with van der Waals surface area (Å²) < 4.78 is 5.54. The lowest BCUT2D eigenvalue weighted by atomic mass is 9.76. The van der Waals surface area contributed by atoms with Crippen LogP contribution in [0.3, 0.4) is 0 Å². The van der Waals surface area contributed by atoms with Crippen LogP contribution in [-0.4, -0.2) is 19.2 Å². The number of nitrogens with one attached hydrogen (secondary N) is 1. The number of hydrogen-bond acceptors (Lipinski definition) is 2. The van der Waals surface area contributed by atoms with Crippen molar-refractivity contribution in [3.05, 3.63) is 29.3 Å². The summed E-state index contributed by atoms with van der Waals surface area (Å²) >= 11 is 0. The molecule has 0 aromatic heterocycles. The van der Waals surface area contributed by atoms with E-state index in [4.69, 9.17) is 4.74 Å². The van der Waals surface area contributed by atoms with Crippen LogP contribution in [0.15, 0.2) is 18.2 Å². The van der Waals surface area contributed by atoms with E-state index in [-0.39, 0.29) is 11.0 Å². The fraction of sp³-hybridized carbons (Fsp3) is 0.684. The lowest BCUT2D eigenvalue weighted by Gasteiger charge is -2.34. The smallest absolute Gasteiger partial charge is 0.122 e. The van der Waals surface area contributed by atoms with Crippen molar-refractivity contribution in [1.29, 1.82) is 0 Å². The van der Waals surface area contributed by atoms with E-state index in [9.17, 15) is 0 Å². The third kappa shape index (κ3) is 6.09. The highest BCUT2D eigenvalue weighted by atomic mass is 16.5. The first-order chi connectivity index (χ1) is 9.53. The van der Waals surface area contributed by atoms with E-state index >= 15 is 0 Å². The van der Waals surface area contributed by atoms with E-state index in [1.807, 2.05) is 0 Å². The maximum atomic E-state index is 5.54. The second kappa shape index (κ2) is 6.83. The molecule has 2 nitrogen and oxygen atoms in total. The number of methoxy groups -OCH3 is 1. The Bertz CT molecular complexity index is 452. The van der Waals surface area contributed by atoms with Gasteiger partial charge in [-0.25, -0.2) is 0 Å². The molecule has 1 aromatic carbocycles. The molecular formula is C19H33NO. The van der Waals surface area contributed by atoms with Gasteiger partial charge in [0.15, 0.2) is 0 Å². The Morgan fingerprint density at radius 1 is 1.10 bits per heavy atom. The Morgan fingerprint density at radius 2 is 1.71 bits per heavy atom. The van der Waals surface area contributed by atoms with Crippen LogP contribution in [0.5, 0.6) is 5.75 Å². The van der Waals surface area contributed by atoms with Crippen LogP contribution in [0.2, 0.25) is 0 Å². The topological polar surface area (TPSA) is 21.3 Å². The Morgan fingerprint density at radius 3 is 2.19 bits per heavy atom. The van der Waals surface area contributed by atoms with Crippen LogP contribution in [0.1, 0.15) is 52.7 Å². The summed E-state index contributed by atoms with van der Waals surface area (Å²) in [5.74, 6) is 1.57. The molecule has 1 rings (SSSR count). The predicted octanol–water partition coefficient (Wildman–Crippen LogP) is 4.60. The second-order valence-electron chi connectivity index (χ2n) is 8.21. The molecule has 0 aliphatic carbocycles. The average Bonchev–Trinajstić information content (AvgIpc) is 2.32. The zero-order valence-electron chi connectivity index (χ0n) is 15.1. The molecule has 0 heterocycles. The van der Waals surface area contributed by atoms with Gasteiger partial charge in [0.2, 0.25) is 0 Å². The minimum Gasteiger partial charge on any atom is -0.496 e. The Kier molecular flexibility index (Phi) is 5.86. The lowest BCUT2D eigenvalue weighted by Crippen LogP contribution is -2.42. The largest absolute Gasteiger partial charge is 0.496 e. The van der Waals surface area contributed by atoms with Gasteiger partial charge >= 0.3 is 0 Å². The maximum absolute atomic E-state index is 5.54. The van der Waals surface area contributed by atoms with E-state index < -0.39 is 0 Å². The number of ether oxygens (including phenoxy) is 1. The zero-order chi connectivity index (χ0) is 16.3. The van der Waals surface area contributed by atoms with E-state index in [2.05, 4.69) is 72.0 Å². The van der Waals surface area contributed by atoms with Gasteiger partial charge in [0, 0.05) is 5.54 Å². The van der Waals surface area contributed by atoms with Crippen molar-refractivity contribution in [3.8, 4) is 5.75 Å². The monoisotopic (exact) mass is 291 g/mol. The summed E-state index contributed by atoms with van der Waals surface area (Å²) in [6, 6.07) is 6.46. The molecule has 0 fully saturated rings. The maximum Gasteiger partial charge on any atom is 0.122 e. The van der Waals surface area contributed by atoms with Gasteiger partial charge in [-0.15, -0.1) is 0 Å². The van der Waals surface area contributed by atoms with Gasteiger partial charge in [-0.3, -0.25) is 0 Å². The van der Waals surface area contributed by atoms with E-state index in [0.29, 0.717) is 5.92 Å². The molecular weight excluding hydrogens is 258 g/mol. The minimum absolute atomic E-state index is 0.153. The second-order valence-corrected chi connectivity index (χ2v) is 8.21. The first kappa shape index (κ1) is 18.0. The van der Waals surface area contributed by atoms with E-state index in [0.717, 1.165) is 18.7 Å². The minimum atomic E-state index is 0.153. The Labute approximate surface area is 131 Å². The lowest BCUT2D eigenvalue weighted by molar-refractivity contribution is 0.212. The fourth-order valence-corrected chi connectivity index (χ4v) is 2.45. The van der Waals surface area contributed by atoms with Crippen LogP contribution in [0.25, 0.3) is 0 Å². The number of benzene rings is 1. The van der Waals surface area contributed by atoms with Gasteiger partial charge in [-0.2, -0.15) is 0 Å². The molecule has 0 bridgehead atoms. The number of aryl methyl sites for hydroxylation is 1. The molecule has 2 heteroatoms. The van der Waals surface area contributed by atoms with Crippen molar-refractivity contribution in [1.82, 2.24) is 5.32 Å². The van der Waals surface area contributed by atoms with Crippen molar-refractivity contribution in [2.45, 2.75) is 60.4 Å². The number of rotatable bonds is 5. The molecule has 0 amide bonds. The van der Waals surface area contributed by atoms with Gasteiger partial charge in [-0.1, -0.05) is 38.5 Å². The van der Waals surface area contributed by atoms with Crippen molar-refractivity contribution in [2.24, 2.45) is 11.3 Å². The number of hydrogen-bond donors (Lipinski definition) is 1. The molecule has 21 heavy (non-hydrogen) atoms. The molecule has 0 spiro atoms. The molecule has 1 unspecified atom stereocenters. The van der Waals surface area contributed by atoms with Crippen molar-refractivity contribution >= 4 is 0 Å². The molecule has 0 saturated heterocycles. The van der Waals surface area contributed by atoms with Gasteiger partial charge in [0.1, 0.15) is 5.75 Å². The van der Waals surface area contributed by atoms with E-state index in [1.54, 1.807) is 7.11 Å². The highest BCUT2D eigenvalue weighted by Crippen LogP contribution is 2.32. The average molecular weight is 291 g/mol. The quantitative estimate of drug-likeness (QED) is 0.856. The fourth-order valence-electron chi connectivity index (χ4n) is 2.45. The van der Waals surface area contributed by atoms with Gasteiger partial charge in [0.25, 0.3) is 0 Å². The third-order valence-electron chi connectivity index (χ3n) is 4.01. The van der Waals surface area contributed by atoms with Crippen LogP contribution in [0.4, 0.5) is 0 Å². The van der Waals surface area contributed by atoms with Gasteiger partial charge in [0.05, 0.1) is 7.11 Å². The SMILES string of the molecule is COc1ccc(C)cc1CC(CNC(C)(C)C)C(C)(C)C. The summed E-state index contributed by atoms with van der Waals surface area (Å²) in [5.41, 5.74) is 3.02. The zero-order valence-corrected chi connectivity index (χ0v) is 15.1. The van der Waals surface area contributed by atoms with Crippen LogP contribution in [-0.2, 0) is 6.42 Å². The third-order valence-corrected chi connectivity index (χ3v) is 4.01. The molecule has 0 aliphatic rings. The van der Waals surface area contributed by atoms with Gasteiger partial charge < -0.3 is 10.1 Å². The molecule has 0 aliphatic heterocycles. The van der Waals surface area contributed by atoms with E-state index in [1.165, 1.54) is 11.1 Å². The molecule has 0 radical (unpaired) electrons. The normalized spacial score (nSPS) is 14.1. The standard InChI is InChI=1S/C19H33NO/c1-14-9-10-17(21-8)15(11-14)12-16(18(2,3)4)13-20-19(5,6)7/h9-11,16,20H,12-13H2,1-8H3. The molecule has 1 atom stereocenters. The summed E-state index contributed by atoms with van der Waals surface area (Å²) in [6.45, 7) is 16.8. The summed E-state index contributed by atoms with van der Waals surface area (Å²) in [7, 11) is 1.76. The van der Waals surface area contributed by atoms with Crippen LogP contribution >= 0.6 is 0 Å². The van der Waals surface area contributed by atoms with Crippen molar-refractivity contribution < 1.29 is 4.74 Å². The molecule has 120 valence electrons. The summed E-state index contributed by atoms with van der Waals surface area (Å²) in [5, 5.41) is 3.66. The highest BCUT2D eigenvalue weighted by Gasteiger charge is 2.27. The summed E-state index contributed by atoms with van der Waals surface area (Å²) in [6.07, 6.45) is 1.04. The predicted molar refractivity (Wildman–Crippen MR) is 92.1 cm³/mol. The Balaban J connectivity index is 2.94. The Hall–Kier alpha value is -1.02. The molecule has 0 saturated carbocycles. The van der Waals surface area contributed by atoms with Crippen molar-refractivity contribution in [3.63, 3.8) is 0 Å². The van der Waals surface area contributed by atoms with Crippen LogP contribution in [0, 0.1) is 18.3 Å². The van der Waals surface area contributed by atoms with Crippen LogP contribution < -0.4 is 10.1 Å². The first-order valence-corrected chi connectivity index (χ1v) is 7.91. The van der Waals surface area contributed by atoms with Crippen molar-refractivity contribution in [2.75, 3.05) is 13.7 Å². The first-order valence-electron chi connectivity index (χ1n) is 7.91. The van der Waals surface area contributed by atoms with Gasteiger partial charge in [-0.05, 0) is 63.6 Å². The molecule has 1 aromatic rings. The highest BCUT2D eigenvalue weighted by molar-refractivity contribution is 5.37.